The molecule has 1 unspecified atom stereocenters. The van der Waals surface area contributed by atoms with Crippen LogP contribution in [0.15, 0.2) is 48.5 Å². The van der Waals surface area contributed by atoms with E-state index in [-0.39, 0.29) is 12.0 Å². The van der Waals surface area contributed by atoms with Gasteiger partial charge in [-0.1, -0.05) is 69.2 Å². The molecular formula is C27H35N3O. The van der Waals surface area contributed by atoms with E-state index in [9.17, 15) is 5.11 Å². The van der Waals surface area contributed by atoms with Crippen molar-refractivity contribution in [2.75, 3.05) is 19.7 Å². The molecule has 31 heavy (non-hydrogen) atoms. The Bertz CT molecular complexity index is 1040. The highest BCUT2D eigenvalue weighted by atomic mass is 16.3. The van der Waals surface area contributed by atoms with Crippen LogP contribution < -0.4 is 0 Å². The van der Waals surface area contributed by atoms with Crippen LogP contribution in [0.3, 0.4) is 0 Å². The number of aliphatic hydroxyl groups excluding tert-OH is 1. The van der Waals surface area contributed by atoms with Gasteiger partial charge in [0.2, 0.25) is 0 Å². The number of aryl methyl sites for hydroxylation is 1. The van der Waals surface area contributed by atoms with Crippen molar-refractivity contribution in [3.63, 3.8) is 0 Å². The molecule has 1 aliphatic heterocycles. The van der Waals surface area contributed by atoms with Crippen LogP contribution in [0.5, 0.6) is 0 Å². The van der Waals surface area contributed by atoms with E-state index >= 15 is 0 Å². The zero-order valence-corrected chi connectivity index (χ0v) is 18.9. The van der Waals surface area contributed by atoms with E-state index < -0.39 is 0 Å². The molecule has 164 valence electrons. The second kappa shape index (κ2) is 8.40. The summed E-state index contributed by atoms with van der Waals surface area (Å²) in [6.45, 7) is 7.51. The van der Waals surface area contributed by atoms with E-state index in [1.165, 1.54) is 53.4 Å². The van der Waals surface area contributed by atoms with Crippen LogP contribution in [0.2, 0.25) is 0 Å². The van der Waals surface area contributed by atoms with Crippen molar-refractivity contribution >= 4 is 10.9 Å². The van der Waals surface area contributed by atoms with Crippen LogP contribution in [0.4, 0.5) is 0 Å². The minimum atomic E-state index is -0.131. The topological polar surface area (TPSA) is 41.3 Å². The number of hydrogen-bond donors (Lipinski definition) is 1. The van der Waals surface area contributed by atoms with Crippen molar-refractivity contribution in [1.29, 1.82) is 0 Å². The van der Waals surface area contributed by atoms with Crippen LogP contribution >= 0.6 is 0 Å². The van der Waals surface area contributed by atoms with Crippen LogP contribution in [0.25, 0.3) is 10.9 Å². The molecule has 1 aromatic heterocycles. The molecule has 2 heterocycles. The molecule has 3 aromatic rings. The standard InChI is InChI=1S/C27H35N3O/c1-3-25-23-14-13-21(15-26(23)30(28-25)22-11-7-8-12-22)24-17-29(18-27(24,2)19-31)16-20-9-5-4-6-10-20/h4-6,9-10,13-15,22,24,31H,3,7-8,11-12,16-19H2,1-2H3/t24?,27-/m0/s1. The summed E-state index contributed by atoms with van der Waals surface area (Å²) in [5, 5.41) is 16.7. The second-order valence-electron chi connectivity index (χ2n) is 9.98. The third-order valence-corrected chi connectivity index (χ3v) is 7.69. The summed E-state index contributed by atoms with van der Waals surface area (Å²) in [6, 6.07) is 18.2. The molecule has 0 radical (unpaired) electrons. The molecule has 4 nitrogen and oxygen atoms in total. The highest BCUT2D eigenvalue weighted by Crippen LogP contribution is 2.44. The first kappa shape index (κ1) is 20.7. The van der Waals surface area contributed by atoms with Gasteiger partial charge in [-0.05, 0) is 36.5 Å². The van der Waals surface area contributed by atoms with Gasteiger partial charge in [0, 0.05) is 36.4 Å². The predicted octanol–water partition coefficient (Wildman–Crippen LogP) is 5.31. The van der Waals surface area contributed by atoms with E-state index in [1.54, 1.807) is 0 Å². The lowest BCUT2D eigenvalue weighted by molar-refractivity contribution is 0.132. The van der Waals surface area contributed by atoms with Crippen LogP contribution in [0, 0.1) is 5.41 Å². The molecule has 1 saturated heterocycles. The lowest BCUT2D eigenvalue weighted by Crippen LogP contribution is -2.30. The van der Waals surface area contributed by atoms with Crippen LogP contribution in [0.1, 0.15) is 68.3 Å². The fourth-order valence-corrected chi connectivity index (χ4v) is 5.92. The van der Waals surface area contributed by atoms with Gasteiger partial charge in [0.25, 0.3) is 0 Å². The Morgan fingerprint density at radius 2 is 1.87 bits per heavy atom. The van der Waals surface area contributed by atoms with Gasteiger partial charge in [0.05, 0.1) is 23.9 Å². The Hall–Kier alpha value is -2.17. The number of rotatable bonds is 6. The van der Waals surface area contributed by atoms with Gasteiger partial charge >= 0.3 is 0 Å². The fourth-order valence-electron chi connectivity index (χ4n) is 5.92. The van der Waals surface area contributed by atoms with Gasteiger partial charge in [-0.3, -0.25) is 9.58 Å². The summed E-state index contributed by atoms with van der Waals surface area (Å²) in [7, 11) is 0. The third-order valence-electron chi connectivity index (χ3n) is 7.69. The Kier molecular flexibility index (Phi) is 5.61. The zero-order chi connectivity index (χ0) is 21.4. The molecule has 2 aliphatic rings. The SMILES string of the molecule is CCc1nn(C2CCCC2)c2cc(C3CN(Cc4ccccc4)C[C@@]3(C)CO)ccc12. The summed E-state index contributed by atoms with van der Waals surface area (Å²) < 4.78 is 2.33. The summed E-state index contributed by atoms with van der Waals surface area (Å²) in [4.78, 5) is 2.51. The highest BCUT2D eigenvalue weighted by Gasteiger charge is 2.43. The minimum Gasteiger partial charge on any atom is -0.396 e. The lowest BCUT2D eigenvalue weighted by atomic mass is 9.76. The average Bonchev–Trinajstić information content (AvgIpc) is 3.51. The summed E-state index contributed by atoms with van der Waals surface area (Å²) >= 11 is 0. The number of aromatic nitrogens is 2. The molecule has 2 aromatic carbocycles. The minimum absolute atomic E-state index is 0.131. The monoisotopic (exact) mass is 417 g/mol. The first-order valence-corrected chi connectivity index (χ1v) is 12.0. The molecule has 2 atom stereocenters. The van der Waals surface area contributed by atoms with Crippen molar-refractivity contribution < 1.29 is 5.11 Å². The molecule has 5 rings (SSSR count). The van der Waals surface area contributed by atoms with Crippen molar-refractivity contribution in [2.24, 2.45) is 5.41 Å². The maximum Gasteiger partial charge on any atom is 0.0700 e. The number of hydrogen-bond acceptors (Lipinski definition) is 3. The molecule has 4 heteroatoms. The van der Waals surface area contributed by atoms with Gasteiger partial charge in [0.15, 0.2) is 0 Å². The van der Waals surface area contributed by atoms with Crippen molar-refractivity contribution in [3.8, 4) is 0 Å². The zero-order valence-electron chi connectivity index (χ0n) is 18.9. The normalized spacial score (nSPS) is 25.1. The molecule has 1 N–H and O–H groups in total. The number of fused-ring (bicyclic) bond motifs is 1. The predicted molar refractivity (Wildman–Crippen MR) is 126 cm³/mol. The maximum atomic E-state index is 10.4. The highest BCUT2D eigenvalue weighted by molar-refractivity contribution is 5.83. The van der Waals surface area contributed by atoms with Gasteiger partial charge in [-0.25, -0.2) is 0 Å². The second-order valence-corrected chi connectivity index (χ2v) is 9.98. The van der Waals surface area contributed by atoms with Crippen LogP contribution in [-0.2, 0) is 13.0 Å². The molecular weight excluding hydrogens is 382 g/mol. The van der Waals surface area contributed by atoms with E-state index in [1.807, 2.05) is 0 Å². The van der Waals surface area contributed by atoms with Gasteiger partial charge in [0.1, 0.15) is 0 Å². The first-order chi connectivity index (χ1) is 15.1. The average molecular weight is 418 g/mol. The Morgan fingerprint density at radius 1 is 1.10 bits per heavy atom. The van der Waals surface area contributed by atoms with Crippen molar-refractivity contribution in [3.05, 3.63) is 65.4 Å². The van der Waals surface area contributed by atoms with E-state index in [0.29, 0.717) is 12.0 Å². The van der Waals surface area contributed by atoms with Crippen molar-refractivity contribution in [1.82, 2.24) is 14.7 Å². The fraction of sp³-hybridized carbons (Fsp3) is 0.519. The number of benzene rings is 2. The number of nitrogens with zero attached hydrogens (tertiary/aromatic N) is 3. The van der Waals surface area contributed by atoms with Crippen LogP contribution in [-0.4, -0.2) is 39.5 Å². The van der Waals surface area contributed by atoms with Gasteiger partial charge < -0.3 is 5.11 Å². The lowest BCUT2D eigenvalue weighted by Gasteiger charge is -2.29. The Balaban J connectivity index is 1.49. The molecule has 0 spiro atoms. The Morgan fingerprint density at radius 3 is 2.58 bits per heavy atom. The van der Waals surface area contributed by atoms with E-state index in [4.69, 9.17) is 5.10 Å². The molecule has 0 amide bonds. The third kappa shape index (κ3) is 3.81. The van der Waals surface area contributed by atoms with Gasteiger partial charge in [-0.2, -0.15) is 5.10 Å². The quantitative estimate of drug-likeness (QED) is 0.591. The largest absolute Gasteiger partial charge is 0.396 e. The summed E-state index contributed by atoms with van der Waals surface area (Å²) in [5.41, 5.74) is 5.07. The molecule has 0 bridgehead atoms. The van der Waals surface area contributed by atoms with E-state index in [0.717, 1.165) is 26.1 Å². The summed E-state index contributed by atoms with van der Waals surface area (Å²) in [5.74, 6) is 0.322. The number of aliphatic hydroxyl groups is 1. The molecule has 1 aliphatic carbocycles. The number of likely N-dealkylation sites (tertiary alicyclic amines) is 1. The molecule has 2 fully saturated rings. The van der Waals surface area contributed by atoms with E-state index in [2.05, 4.69) is 72.0 Å². The first-order valence-electron chi connectivity index (χ1n) is 12.0. The maximum absolute atomic E-state index is 10.4. The Labute approximate surface area is 185 Å². The smallest absolute Gasteiger partial charge is 0.0700 e. The van der Waals surface area contributed by atoms with Crippen molar-refractivity contribution in [2.45, 2.75) is 64.5 Å². The van der Waals surface area contributed by atoms with Gasteiger partial charge in [-0.15, -0.1) is 0 Å². The summed E-state index contributed by atoms with van der Waals surface area (Å²) in [6.07, 6.45) is 6.08. The molecule has 1 saturated carbocycles.